The van der Waals surface area contributed by atoms with Crippen LogP contribution in [0.5, 0.6) is 0 Å². The number of carbonyl (C=O) groups is 1. The molecule has 1 aliphatic carbocycles. The van der Waals surface area contributed by atoms with Crippen molar-refractivity contribution in [3.63, 3.8) is 0 Å². The Balaban J connectivity index is 2.23. The molecule has 2 rings (SSSR count). The molecule has 1 aromatic heterocycles. The lowest BCUT2D eigenvalue weighted by atomic mass is 9.76. The van der Waals surface area contributed by atoms with E-state index >= 15 is 0 Å². The third-order valence-electron chi connectivity index (χ3n) is 4.08. The summed E-state index contributed by atoms with van der Waals surface area (Å²) in [6.07, 6.45) is 4.90. The standard InChI is InChI=1S/C16H26N2O/c1-12(6-8-17(4)5)18-9-7-13-14(18)10-16(2,3)11-15(13)19/h7,9,12H,6,8,10-11H2,1-5H3. The molecule has 0 saturated heterocycles. The number of nitrogens with zero attached hydrogens (tertiary/aromatic N) is 2. The smallest absolute Gasteiger partial charge is 0.165 e. The molecule has 1 unspecified atom stereocenters. The van der Waals surface area contributed by atoms with Crippen LogP contribution in [0.3, 0.4) is 0 Å². The molecule has 106 valence electrons. The fraction of sp³-hybridized carbons (Fsp3) is 0.688. The Morgan fingerprint density at radius 1 is 1.37 bits per heavy atom. The van der Waals surface area contributed by atoms with E-state index in [1.165, 1.54) is 5.69 Å². The van der Waals surface area contributed by atoms with Crippen molar-refractivity contribution in [2.75, 3.05) is 20.6 Å². The Morgan fingerprint density at radius 2 is 2.05 bits per heavy atom. The van der Waals surface area contributed by atoms with Crippen LogP contribution in [0.2, 0.25) is 0 Å². The zero-order valence-electron chi connectivity index (χ0n) is 12.9. The van der Waals surface area contributed by atoms with Crippen LogP contribution in [0.25, 0.3) is 0 Å². The van der Waals surface area contributed by atoms with Crippen molar-refractivity contribution >= 4 is 5.78 Å². The van der Waals surface area contributed by atoms with Crippen molar-refractivity contribution in [1.82, 2.24) is 9.47 Å². The van der Waals surface area contributed by atoms with Crippen LogP contribution < -0.4 is 0 Å². The van der Waals surface area contributed by atoms with Crippen LogP contribution in [-0.4, -0.2) is 35.9 Å². The summed E-state index contributed by atoms with van der Waals surface area (Å²) in [5.41, 5.74) is 2.30. The predicted molar refractivity (Wildman–Crippen MR) is 78.7 cm³/mol. The highest BCUT2D eigenvalue weighted by molar-refractivity contribution is 5.98. The molecule has 0 aliphatic heterocycles. The van der Waals surface area contributed by atoms with Gasteiger partial charge in [-0.1, -0.05) is 13.8 Å². The molecule has 0 N–H and O–H groups in total. The van der Waals surface area contributed by atoms with Gasteiger partial charge in [-0.15, -0.1) is 0 Å². The second kappa shape index (κ2) is 5.12. The summed E-state index contributed by atoms with van der Waals surface area (Å²) < 4.78 is 2.32. The van der Waals surface area contributed by atoms with E-state index in [9.17, 15) is 4.79 Å². The summed E-state index contributed by atoms with van der Waals surface area (Å²) in [5.74, 6) is 0.310. The van der Waals surface area contributed by atoms with Gasteiger partial charge in [0.05, 0.1) is 0 Å². The van der Waals surface area contributed by atoms with E-state index in [1.54, 1.807) is 0 Å². The molecule has 0 fully saturated rings. The van der Waals surface area contributed by atoms with Gasteiger partial charge >= 0.3 is 0 Å². The maximum atomic E-state index is 12.2. The molecule has 0 radical (unpaired) electrons. The quantitative estimate of drug-likeness (QED) is 0.833. The van der Waals surface area contributed by atoms with Crippen molar-refractivity contribution in [2.45, 2.75) is 46.1 Å². The summed E-state index contributed by atoms with van der Waals surface area (Å²) in [6.45, 7) is 7.70. The first-order valence-corrected chi connectivity index (χ1v) is 7.18. The van der Waals surface area contributed by atoms with E-state index in [1.807, 2.05) is 6.07 Å². The largest absolute Gasteiger partial charge is 0.348 e. The van der Waals surface area contributed by atoms with E-state index < -0.39 is 0 Å². The number of fused-ring (bicyclic) bond motifs is 1. The van der Waals surface area contributed by atoms with Crippen LogP contribution in [0.15, 0.2) is 12.3 Å². The zero-order chi connectivity index (χ0) is 14.2. The van der Waals surface area contributed by atoms with Gasteiger partial charge in [-0.3, -0.25) is 4.79 Å². The van der Waals surface area contributed by atoms with Crippen molar-refractivity contribution in [2.24, 2.45) is 5.41 Å². The molecule has 0 aromatic carbocycles. The van der Waals surface area contributed by atoms with Gasteiger partial charge in [0, 0.05) is 29.9 Å². The van der Waals surface area contributed by atoms with E-state index in [0.717, 1.165) is 24.9 Å². The normalized spacial score (nSPS) is 19.6. The number of rotatable bonds is 4. The van der Waals surface area contributed by atoms with Gasteiger partial charge in [0.15, 0.2) is 5.78 Å². The van der Waals surface area contributed by atoms with Gasteiger partial charge < -0.3 is 9.47 Å². The van der Waals surface area contributed by atoms with Crippen molar-refractivity contribution < 1.29 is 4.79 Å². The van der Waals surface area contributed by atoms with E-state index in [4.69, 9.17) is 0 Å². The monoisotopic (exact) mass is 262 g/mol. The SMILES string of the molecule is CC(CCN(C)C)n1ccc2c1CC(C)(C)CC2=O. The molecule has 19 heavy (non-hydrogen) atoms. The molecule has 3 nitrogen and oxygen atoms in total. The molecule has 0 saturated carbocycles. The first kappa shape index (κ1) is 14.3. The number of hydrogen-bond acceptors (Lipinski definition) is 2. The van der Waals surface area contributed by atoms with Gasteiger partial charge in [-0.05, 0) is 51.9 Å². The molecule has 1 atom stereocenters. The average Bonchev–Trinajstić information content (AvgIpc) is 2.67. The van der Waals surface area contributed by atoms with Gasteiger partial charge in [0.2, 0.25) is 0 Å². The van der Waals surface area contributed by atoms with Gasteiger partial charge in [-0.25, -0.2) is 0 Å². The lowest BCUT2D eigenvalue weighted by molar-refractivity contribution is 0.0909. The number of Topliss-reactive ketones (excluding diaryl/α,β-unsaturated/α-hetero) is 1. The minimum atomic E-state index is 0.0987. The molecule has 0 bridgehead atoms. The molecule has 3 heteroatoms. The third-order valence-corrected chi connectivity index (χ3v) is 4.08. The minimum absolute atomic E-state index is 0.0987. The number of carbonyl (C=O) groups excluding carboxylic acids is 1. The molecule has 1 aliphatic rings. The highest BCUT2D eigenvalue weighted by Gasteiger charge is 2.33. The topological polar surface area (TPSA) is 25.2 Å². The van der Waals surface area contributed by atoms with Crippen molar-refractivity contribution in [1.29, 1.82) is 0 Å². The Bertz CT molecular complexity index is 471. The Hall–Kier alpha value is -1.09. The van der Waals surface area contributed by atoms with Crippen LogP contribution in [0.1, 0.15) is 55.7 Å². The minimum Gasteiger partial charge on any atom is -0.348 e. The van der Waals surface area contributed by atoms with Gasteiger partial charge in [0.1, 0.15) is 0 Å². The van der Waals surface area contributed by atoms with E-state index in [0.29, 0.717) is 18.2 Å². The number of aromatic nitrogens is 1. The second-order valence-electron chi connectivity index (χ2n) is 6.97. The highest BCUT2D eigenvalue weighted by Crippen LogP contribution is 2.36. The fourth-order valence-electron chi connectivity index (χ4n) is 2.96. The molecule has 1 aromatic rings. The summed E-state index contributed by atoms with van der Waals surface area (Å²) in [5, 5.41) is 0. The summed E-state index contributed by atoms with van der Waals surface area (Å²) in [7, 11) is 4.20. The summed E-state index contributed by atoms with van der Waals surface area (Å²) in [6, 6.07) is 2.46. The van der Waals surface area contributed by atoms with Crippen LogP contribution in [0.4, 0.5) is 0 Å². The second-order valence-corrected chi connectivity index (χ2v) is 6.97. The van der Waals surface area contributed by atoms with Crippen LogP contribution in [-0.2, 0) is 6.42 Å². The molecular formula is C16H26N2O. The van der Waals surface area contributed by atoms with E-state index in [2.05, 4.69) is 50.5 Å². The Kier molecular flexibility index (Phi) is 3.86. The fourth-order valence-corrected chi connectivity index (χ4v) is 2.96. The maximum absolute atomic E-state index is 12.2. The first-order chi connectivity index (χ1) is 8.80. The number of hydrogen-bond donors (Lipinski definition) is 0. The zero-order valence-corrected chi connectivity index (χ0v) is 12.9. The van der Waals surface area contributed by atoms with Gasteiger partial charge in [0.25, 0.3) is 0 Å². The van der Waals surface area contributed by atoms with Gasteiger partial charge in [-0.2, -0.15) is 0 Å². The van der Waals surface area contributed by atoms with Crippen molar-refractivity contribution in [3.8, 4) is 0 Å². The lowest BCUT2D eigenvalue weighted by Crippen LogP contribution is -2.29. The molecule has 0 amide bonds. The maximum Gasteiger partial charge on any atom is 0.165 e. The van der Waals surface area contributed by atoms with E-state index in [-0.39, 0.29) is 5.41 Å². The Morgan fingerprint density at radius 3 is 2.68 bits per heavy atom. The summed E-state index contributed by atoms with van der Waals surface area (Å²) in [4.78, 5) is 14.4. The molecule has 0 spiro atoms. The lowest BCUT2D eigenvalue weighted by Gasteiger charge is -2.31. The molecule has 1 heterocycles. The number of ketones is 1. The highest BCUT2D eigenvalue weighted by atomic mass is 16.1. The predicted octanol–water partition coefficient (Wildman–Crippen LogP) is 3.16. The Labute approximate surface area is 116 Å². The van der Waals surface area contributed by atoms with Crippen LogP contribution in [0, 0.1) is 5.41 Å². The first-order valence-electron chi connectivity index (χ1n) is 7.18. The van der Waals surface area contributed by atoms with Crippen LogP contribution >= 0.6 is 0 Å². The third kappa shape index (κ3) is 3.08. The summed E-state index contributed by atoms with van der Waals surface area (Å²) >= 11 is 0. The average molecular weight is 262 g/mol. The van der Waals surface area contributed by atoms with Crippen molar-refractivity contribution in [3.05, 3.63) is 23.5 Å². The molecular weight excluding hydrogens is 236 g/mol.